The predicted octanol–water partition coefficient (Wildman–Crippen LogP) is 2.62. The van der Waals surface area contributed by atoms with Crippen LogP contribution in [0.2, 0.25) is 0 Å². The van der Waals surface area contributed by atoms with E-state index in [9.17, 15) is 14.4 Å². The van der Waals surface area contributed by atoms with Gasteiger partial charge in [-0.25, -0.2) is 9.59 Å². The minimum absolute atomic E-state index is 0.119. The number of hydrogen-bond acceptors (Lipinski definition) is 9. The summed E-state index contributed by atoms with van der Waals surface area (Å²) < 4.78 is 10.6. The van der Waals surface area contributed by atoms with Crippen LogP contribution in [-0.4, -0.2) is 47.0 Å². The summed E-state index contributed by atoms with van der Waals surface area (Å²) >= 11 is 2.57. The molecule has 0 saturated heterocycles. The zero-order chi connectivity index (χ0) is 18.9. The van der Waals surface area contributed by atoms with Gasteiger partial charge in [0.05, 0.1) is 30.1 Å². The van der Waals surface area contributed by atoms with Crippen LogP contribution in [0.3, 0.4) is 0 Å². The molecule has 1 aromatic heterocycles. The molecule has 0 saturated carbocycles. The number of carbonyl (C=O) groups is 3. The number of aromatic nitrogens is 2. The molecule has 0 bridgehead atoms. The third-order valence-corrected chi connectivity index (χ3v) is 4.77. The van der Waals surface area contributed by atoms with Gasteiger partial charge in [0.2, 0.25) is 5.91 Å². The van der Waals surface area contributed by atoms with E-state index in [1.165, 1.54) is 41.3 Å². The van der Waals surface area contributed by atoms with Crippen LogP contribution in [-0.2, 0) is 14.3 Å². The van der Waals surface area contributed by atoms with Crippen LogP contribution < -0.4 is 5.32 Å². The smallest absolute Gasteiger partial charge is 0.338 e. The second-order valence-electron chi connectivity index (χ2n) is 4.78. The van der Waals surface area contributed by atoms with Gasteiger partial charge in [-0.1, -0.05) is 23.1 Å². The van der Waals surface area contributed by atoms with Crippen molar-refractivity contribution in [2.75, 3.05) is 24.3 Å². The maximum atomic E-state index is 12.1. The van der Waals surface area contributed by atoms with Gasteiger partial charge in [-0.15, -0.1) is 10.2 Å². The van der Waals surface area contributed by atoms with Crippen LogP contribution in [0.4, 0.5) is 5.69 Å². The molecule has 0 spiro atoms. The Morgan fingerprint density at radius 1 is 1.08 bits per heavy atom. The van der Waals surface area contributed by atoms with E-state index in [-0.39, 0.29) is 36.0 Å². The highest BCUT2D eigenvalue weighted by molar-refractivity contribution is 8.01. The molecule has 0 fully saturated rings. The Balaban J connectivity index is 2.15. The largest absolute Gasteiger partial charge is 0.462 e. The van der Waals surface area contributed by atoms with Crippen LogP contribution in [0.15, 0.2) is 28.0 Å². The molecule has 0 atom stereocenters. The normalized spacial score (nSPS) is 10.2. The minimum Gasteiger partial charge on any atom is -0.462 e. The summed E-state index contributed by atoms with van der Waals surface area (Å²) in [5, 5.41) is 10.2. The summed E-state index contributed by atoms with van der Waals surface area (Å²) in [4.78, 5) is 36.1. The summed E-state index contributed by atoms with van der Waals surface area (Å²) in [6.45, 7) is 3.76. The third kappa shape index (κ3) is 5.81. The van der Waals surface area contributed by atoms with Crippen molar-refractivity contribution in [3.05, 3.63) is 34.8 Å². The monoisotopic (exact) mass is 395 g/mol. The molecule has 0 unspecified atom stereocenters. The highest BCUT2D eigenvalue weighted by Gasteiger charge is 2.16. The fraction of sp³-hybridized carbons (Fsp3) is 0.312. The zero-order valence-electron chi connectivity index (χ0n) is 14.2. The van der Waals surface area contributed by atoms with Crippen molar-refractivity contribution in [1.29, 1.82) is 0 Å². The molecule has 1 heterocycles. The molecule has 8 nitrogen and oxygen atoms in total. The van der Waals surface area contributed by atoms with Crippen molar-refractivity contribution < 1.29 is 23.9 Å². The van der Waals surface area contributed by atoms with Crippen molar-refractivity contribution in [1.82, 2.24) is 10.2 Å². The topological polar surface area (TPSA) is 107 Å². The summed E-state index contributed by atoms with van der Waals surface area (Å²) in [6.07, 6.45) is 0. The van der Waals surface area contributed by atoms with Crippen LogP contribution >= 0.6 is 23.1 Å². The Kier molecular flexibility index (Phi) is 7.54. The predicted molar refractivity (Wildman–Crippen MR) is 97.6 cm³/mol. The molecule has 2 aromatic rings. The second-order valence-corrected chi connectivity index (χ2v) is 6.84. The number of thioether (sulfide) groups is 1. The Hall–Kier alpha value is -2.46. The Morgan fingerprint density at radius 3 is 2.19 bits per heavy atom. The van der Waals surface area contributed by atoms with Crippen molar-refractivity contribution in [3.8, 4) is 0 Å². The molecule has 0 radical (unpaired) electrons. The Labute approximate surface area is 158 Å². The van der Waals surface area contributed by atoms with Crippen molar-refractivity contribution >= 4 is 46.6 Å². The lowest BCUT2D eigenvalue weighted by atomic mass is 10.1. The maximum absolute atomic E-state index is 12.1. The van der Waals surface area contributed by atoms with E-state index in [1.54, 1.807) is 19.4 Å². The zero-order valence-corrected chi connectivity index (χ0v) is 15.8. The molecule has 1 amide bonds. The van der Waals surface area contributed by atoms with Gasteiger partial charge in [-0.05, 0) is 32.0 Å². The lowest BCUT2D eigenvalue weighted by molar-refractivity contribution is -0.113. The molecule has 26 heavy (non-hydrogen) atoms. The molecular formula is C16H17N3O5S2. The van der Waals surface area contributed by atoms with Crippen LogP contribution in [0.5, 0.6) is 0 Å². The number of ether oxygens (including phenoxy) is 2. The second kappa shape index (κ2) is 9.88. The van der Waals surface area contributed by atoms with Gasteiger partial charge in [-0.3, -0.25) is 4.79 Å². The van der Waals surface area contributed by atoms with Gasteiger partial charge in [0, 0.05) is 5.69 Å². The van der Waals surface area contributed by atoms with Gasteiger partial charge in [0.1, 0.15) is 5.51 Å². The highest BCUT2D eigenvalue weighted by Crippen LogP contribution is 2.21. The number of carbonyl (C=O) groups excluding carboxylic acids is 3. The first-order valence-electron chi connectivity index (χ1n) is 7.71. The standard InChI is InChI=1S/C16H17N3O5S2/c1-3-23-14(21)10-5-11(15(22)24-4-2)7-12(6-10)18-13(20)8-25-16-19-17-9-26-16/h5-7,9H,3-4,8H2,1-2H3,(H,18,20). The van der Waals surface area contributed by atoms with Crippen LogP contribution in [0.1, 0.15) is 34.6 Å². The number of nitrogens with zero attached hydrogens (tertiary/aromatic N) is 2. The van der Waals surface area contributed by atoms with Crippen molar-refractivity contribution in [2.45, 2.75) is 18.2 Å². The SMILES string of the molecule is CCOC(=O)c1cc(NC(=O)CSc2nncs2)cc(C(=O)OCC)c1. The van der Waals surface area contributed by atoms with E-state index in [0.29, 0.717) is 10.0 Å². The van der Waals surface area contributed by atoms with E-state index in [1.807, 2.05) is 0 Å². The van der Waals surface area contributed by atoms with Crippen molar-refractivity contribution in [2.24, 2.45) is 0 Å². The first kappa shape index (κ1) is 19.9. The number of anilines is 1. The van der Waals surface area contributed by atoms with E-state index < -0.39 is 11.9 Å². The molecule has 1 N–H and O–H groups in total. The Bertz CT molecular complexity index is 744. The third-order valence-electron chi connectivity index (χ3n) is 2.91. The van der Waals surface area contributed by atoms with Crippen molar-refractivity contribution in [3.63, 3.8) is 0 Å². The number of esters is 2. The fourth-order valence-electron chi connectivity index (χ4n) is 1.91. The quantitative estimate of drug-likeness (QED) is 0.537. The lowest BCUT2D eigenvalue weighted by Crippen LogP contribution is -2.16. The van der Waals surface area contributed by atoms with Gasteiger partial charge < -0.3 is 14.8 Å². The molecule has 10 heteroatoms. The molecule has 0 aliphatic heterocycles. The summed E-state index contributed by atoms with van der Waals surface area (Å²) in [5.41, 5.74) is 2.20. The molecule has 0 aliphatic carbocycles. The van der Waals surface area contributed by atoms with Gasteiger partial charge in [0.15, 0.2) is 4.34 Å². The highest BCUT2D eigenvalue weighted by atomic mass is 32.2. The van der Waals surface area contributed by atoms with Gasteiger partial charge in [-0.2, -0.15) is 0 Å². The molecule has 0 aliphatic rings. The van der Waals surface area contributed by atoms with Gasteiger partial charge in [0.25, 0.3) is 0 Å². The first-order chi connectivity index (χ1) is 12.5. The number of amides is 1. The number of benzene rings is 1. The average Bonchev–Trinajstić information content (AvgIpc) is 3.13. The molecule has 138 valence electrons. The summed E-state index contributed by atoms with van der Waals surface area (Å²) in [5.74, 6) is -1.36. The van der Waals surface area contributed by atoms with E-state index >= 15 is 0 Å². The number of nitrogens with one attached hydrogen (secondary N) is 1. The van der Waals surface area contributed by atoms with E-state index in [0.717, 1.165) is 0 Å². The number of hydrogen-bond donors (Lipinski definition) is 1. The summed E-state index contributed by atoms with van der Waals surface area (Å²) in [7, 11) is 0. The van der Waals surface area contributed by atoms with E-state index in [4.69, 9.17) is 9.47 Å². The maximum Gasteiger partial charge on any atom is 0.338 e. The lowest BCUT2D eigenvalue weighted by Gasteiger charge is -2.10. The first-order valence-corrected chi connectivity index (χ1v) is 9.58. The molecule has 2 rings (SSSR count). The molecular weight excluding hydrogens is 378 g/mol. The van der Waals surface area contributed by atoms with E-state index in [2.05, 4.69) is 15.5 Å². The minimum atomic E-state index is -0.586. The number of rotatable bonds is 8. The Morgan fingerprint density at radius 2 is 1.69 bits per heavy atom. The summed E-state index contributed by atoms with van der Waals surface area (Å²) in [6, 6.07) is 4.28. The molecule has 1 aromatic carbocycles. The van der Waals surface area contributed by atoms with Crippen LogP contribution in [0.25, 0.3) is 0 Å². The van der Waals surface area contributed by atoms with Gasteiger partial charge >= 0.3 is 11.9 Å². The average molecular weight is 395 g/mol. The fourth-order valence-corrected chi connectivity index (χ4v) is 3.20. The van der Waals surface area contributed by atoms with Crippen LogP contribution in [0, 0.1) is 0 Å².